The summed E-state index contributed by atoms with van der Waals surface area (Å²) in [6, 6.07) is 2.70. The van der Waals surface area contributed by atoms with Gasteiger partial charge in [0.15, 0.2) is 0 Å². The number of nitrogens with one attached hydrogen (secondary N) is 1. The fourth-order valence-corrected chi connectivity index (χ4v) is 2.92. The highest BCUT2D eigenvalue weighted by molar-refractivity contribution is 5.21. The predicted octanol–water partition coefficient (Wildman–Crippen LogP) is 2.60. The molecule has 19 heavy (non-hydrogen) atoms. The molecule has 2 heterocycles. The molecule has 1 aliphatic heterocycles. The zero-order valence-electron chi connectivity index (χ0n) is 12.5. The van der Waals surface area contributed by atoms with Gasteiger partial charge in [0.25, 0.3) is 0 Å². The first-order valence-electron chi connectivity index (χ1n) is 7.56. The summed E-state index contributed by atoms with van der Waals surface area (Å²) in [5.74, 6) is 0.788. The van der Waals surface area contributed by atoms with Crippen molar-refractivity contribution in [1.82, 2.24) is 15.2 Å². The average Bonchev–Trinajstić information content (AvgIpc) is 2.46. The largest absolute Gasteiger partial charge is 0.310 e. The monoisotopic (exact) mass is 261 g/mol. The Hall–Kier alpha value is -0.930. The second-order valence-corrected chi connectivity index (χ2v) is 5.77. The number of hydrogen-bond donors (Lipinski definition) is 1. The summed E-state index contributed by atoms with van der Waals surface area (Å²) >= 11 is 0. The standard InChI is InChI=1S/C16H27N3/c1-4-19-9-5-6-16(12-19)14(3)18-11-15-7-8-17-10-13(15)2/h7-8,10,14,16,18H,4-6,9,11-12H2,1-3H3. The van der Waals surface area contributed by atoms with Crippen molar-refractivity contribution in [3.63, 3.8) is 0 Å². The SMILES string of the molecule is CCN1CCCC(C(C)NCc2ccncc2C)C1. The van der Waals surface area contributed by atoms with Crippen molar-refractivity contribution in [1.29, 1.82) is 0 Å². The van der Waals surface area contributed by atoms with Crippen molar-refractivity contribution in [2.24, 2.45) is 5.92 Å². The molecule has 1 N–H and O–H groups in total. The number of aryl methyl sites for hydroxylation is 1. The molecule has 1 fully saturated rings. The number of aromatic nitrogens is 1. The smallest absolute Gasteiger partial charge is 0.0300 e. The van der Waals surface area contributed by atoms with Crippen molar-refractivity contribution >= 4 is 0 Å². The van der Waals surface area contributed by atoms with E-state index in [-0.39, 0.29) is 0 Å². The molecule has 0 aromatic carbocycles. The minimum atomic E-state index is 0.585. The van der Waals surface area contributed by atoms with Gasteiger partial charge in [0.05, 0.1) is 0 Å². The Balaban J connectivity index is 1.84. The Morgan fingerprint density at radius 2 is 2.37 bits per heavy atom. The molecule has 1 aromatic rings. The van der Waals surface area contributed by atoms with Gasteiger partial charge >= 0.3 is 0 Å². The van der Waals surface area contributed by atoms with Crippen LogP contribution in [-0.4, -0.2) is 35.6 Å². The molecule has 2 unspecified atom stereocenters. The van der Waals surface area contributed by atoms with E-state index in [1.165, 1.54) is 43.6 Å². The van der Waals surface area contributed by atoms with E-state index in [1.807, 2.05) is 12.4 Å². The molecule has 106 valence electrons. The zero-order chi connectivity index (χ0) is 13.7. The van der Waals surface area contributed by atoms with Gasteiger partial charge in [-0.25, -0.2) is 0 Å². The molecule has 0 bridgehead atoms. The molecule has 1 saturated heterocycles. The van der Waals surface area contributed by atoms with Crippen LogP contribution in [0.25, 0.3) is 0 Å². The minimum Gasteiger partial charge on any atom is -0.310 e. The third-order valence-corrected chi connectivity index (χ3v) is 4.45. The molecule has 1 aromatic heterocycles. The van der Waals surface area contributed by atoms with Crippen LogP contribution in [0.15, 0.2) is 18.5 Å². The maximum absolute atomic E-state index is 4.15. The van der Waals surface area contributed by atoms with Crippen molar-refractivity contribution in [3.8, 4) is 0 Å². The first-order chi connectivity index (χ1) is 9.20. The molecular weight excluding hydrogens is 234 g/mol. The van der Waals surface area contributed by atoms with Gasteiger partial charge in [-0.15, -0.1) is 0 Å². The van der Waals surface area contributed by atoms with Crippen LogP contribution in [0, 0.1) is 12.8 Å². The molecule has 0 aliphatic carbocycles. The molecule has 3 heteroatoms. The third kappa shape index (κ3) is 4.02. The van der Waals surface area contributed by atoms with Gasteiger partial charge in [-0.3, -0.25) is 4.98 Å². The van der Waals surface area contributed by atoms with Crippen LogP contribution in [-0.2, 0) is 6.54 Å². The van der Waals surface area contributed by atoms with E-state index in [0.29, 0.717) is 6.04 Å². The fraction of sp³-hybridized carbons (Fsp3) is 0.688. The molecule has 1 aliphatic rings. The minimum absolute atomic E-state index is 0.585. The van der Waals surface area contributed by atoms with Gasteiger partial charge in [0.2, 0.25) is 0 Å². The second kappa shape index (κ2) is 7.01. The highest BCUT2D eigenvalue weighted by Gasteiger charge is 2.23. The van der Waals surface area contributed by atoms with E-state index in [1.54, 1.807) is 0 Å². The van der Waals surface area contributed by atoms with Crippen LogP contribution >= 0.6 is 0 Å². The molecule has 0 radical (unpaired) electrons. The first kappa shape index (κ1) is 14.5. The summed E-state index contributed by atoms with van der Waals surface area (Å²) in [4.78, 5) is 6.72. The number of likely N-dealkylation sites (tertiary alicyclic amines) is 1. The Morgan fingerprint density at radius 3 is 3.11 bits per heavy atom. The highest BCUT2D eigenvalue weighted by Crippen LogP contribution is 2.20. The van der Waals surface area contributed by atoms with Crippen LogP contribution < -0.4 is 5.32 Å². The summed E-state index contributed by atoms with van der Waals surface area (Å²) in [5, 5.41) is 3.70. The number of pyridine rings is 1. The number of piperidine rings is 1. The predicted molar refractivity (Wildman–Crippen MR) is 80.1 cm³/mol. The Kier molecular flexibility index (Phi) is 5.34. The lowest BCUT2D eigenvalue weighted by Gasteiger charge is -2.35. The molecule has 0 saturated carbocycles. The van der Waals surface area contributed by atoms with Gasteiger partial charge in [-0.05, 0) is 62.9 Å². The topological polar surface area (TPSA) is 28.2 Å². The molecular formula is C16H27N3. The maximum Gasteiger partial charge on any atom is 0.0300 e. The first-order valence-corrected chi connectivity index (χ1v) is 7.56. The summed E-state index contributed by atoms with van der Waals surface area (Å²) in [6.07, 6.45) is 6.54. The number of nitrogens with zero attached hydrogens (tertiary/aromatic N) is 2. The van der Waals surface area contributed by atoms with E-state index >= 15 is 0 Å². The van der Waals surface area contributed by atoms with Gasteiger partial charge in [-0.2, -0.15) is 0 Å². The fourth-order valence-electron chi connectivity index (χ4n) is 2.92. The van der Waals surface area contributed by atoms with E-state index in [4.69, 9.17) is 0 Å². The van der Waals surface area contributed by atoms with Crippen molar-refractivity contribution in [2.75, 3.05) is 19.6 Å². The van der Waals surface area contributed by atoms with Crippen LogP contribution in [0.4, 0.5) is 0 Å². The van der Waals surface area contributed by atoms with Crippen molar-refractivity contribution in [3.05, 3.63) is 29.6 Å². The lowest BCUT2D eigenvalue weighted by molar-refractivity contribution is 0.157. The van der Waals surface area contributed by atoms with Crippen molar-refractivity contribution < 1.29 is 0 Å². The van der Waals surface area contributed by atoms with E-state index in [2.05, 4.69) is 42.0 Å². The van der Waals surface area contributed by atoms with Crippen molar-refractivity contribution in [2.45, 2.75) is 46.2 Å². The number of hydrogen-bond acceptors (Lipinski definition) is 3. The summed E-state index contributed by atoms with van der Waals surface area (Å²) < 4.78 is 0. The lowest BCUT2D eigenvalue weighted by atomic mass is 9.91. The van der Waals surface area contributed by atoms with Gasteiger partial charge in [0, 0.05) is 31.5 Å². The van der Waals surface area contributed by atoms with Gasteiger partial charge in [0.1, 0.15) is 0 Å². The van der Waals surface area contributed by atoms with Gasteiger partial charge < -0.3 is 10.2 Å². The molecule has 2 rings (SSSR count). The second-order valence-electron chi connectivity index (χ2n) is 5.77. The van der Waals surface area contributed by atoms with Crippen LogP contribution in [0.1, 0.15) is 37.8 Å². The molecule has 3 nitrogen and oxygen atoms in total. The summed E-state index contributed by atoms with van der Waals surface area (Å²) in [5.41, 5.74) is 2.64. The quantitative estimate of drug-likeness (QED) is 0.883. The average molecular weight is 261 g/mol. The Bertz CT molecular complexity index is 391. The summed E-state index contributed by atoms with van der Waals surface area (Å²) in [6.45, 7) is 11.4. The van der Waals surface area contributed by atoms with Crippen LogP contribution in [0.2, 0.25) is 0 Å². The molecule has 2 atom stereocenters. The molecule has 0 amide bonds. The van der Waals surface area contributed by atoms with Crippen LogP contribution in [0.3, 0.4) is 0 Å². The van der Waals surface area contributed by atoms with Crippen LogP contribution in [0.5, 0.6) is 0 Å². The molecule has 0 spiro atoms. The summed E-state index contributed by atoms with van der Waals surface area (Å²) in [7, 11) is 0. The third-order valence-electron chi connectivity index (χ3n) is 4.45. The lowest BCUT2D eigenvalue weighted by Crippen LogP contribution is -2.44. The van der Waals surface area contributed by atoms with E-state index in [0.717, 1.165) is 12.5 Å². The highest BCUT2D eigenvalue weighted by atomic mass is 15.1. The zero-order valence-corrected chi connectivity index (χ0v) is 12.5. The Labute approximate surface area is 117 Å². The number of rotatable bonds is 5. The van der Waals surface area contributed by atoms with Gasteiger partial charge in [-0.1, -0.05) is 6.92 Å². The maximum atomic E-state index is 4.15. The van der Waals surface area contributed by atoms with E-state index < -0.39 is 0 Å². The van der Waals surface area contributed by atoms with E-state index in [9.17, 15) is 0 Å². The normalized spacial score (nSPS) is 22.4. The Morgan fingerprint density at radius 1 is 1.53 bits per heavy atom.